The number of nitrogens with zero attached hydrogens (tertiary/aromatic N) is 1. The summed E-state index contributed by atoms with van der Waals surface area (Å²) in [6.45, 7) is 7.29. The SMILES string of the molecule is CC(C)(C)SCC(=O)Nc1cccc(S(=O)(=O)N2CCCC2)c1. The molecule has 23 heavy (non-hydrogen) atoms. The minimum atomic E-state index is -3.46. The van der Waals surface area contributed by atoms with Crippen molar-refractivity contribution in [1.29, 1.82) is 0 Å². The summed E-state index contributed by atoms with van der Waals surface area (Å²) in [7, 11) is -3.46. The predicted octanol–water partition coefficient (Wildman–Crippen LogP) is 2.94. The number of amides is 1. The Morgan fingerprint density at radius 2 is 1.91 bits per heavy atom. The minimum absolute atomic E-state index is 0.0122. The van der Waals surface area contributed by atoms with E-state index >= 15 is 0 Å². The van der Waals surface area contributed by atoms with Crippen LogP contribution in [0.3, 0.4) is 0 Å². The molecule has 0 bridgehead atoms. The van der Waals surface area contributed by atoms with Crippen LogP contribution in [0.1, 0.15) is 33.6 Å². The molecule has 0 spiro atoms. The average Bonchev–Trinajstić information content (AvgIpc) is 3.00. The molecule has 0 unspecified atom stereocenters. The number of rotatable bonds is 5. The van der Waals surface area contributed by atoms with Crippen LogP contribution in [-0.2, 0) is 14.8 Å². The van der Waals surface area contributed by atoms with Crippen molar-refractivity contribution >= 4 is 33.4 Å². The highest BCUT2D eigenvalue weighted by Crippen LogP contribution is 2.25. The largest absolute Gasteiger partial charge is 0.325 e. The van der Waals surface area contributed by atoms with Gasteiger partial charge in [0, 0.05) is 23.5 Å². The maximum atomic E-state index is 12.5. The zero-order valence-electron chi connectivity index (χ0n) is 13.8. The summed E-state index contributed by atoms with van der Waals surface area (Å²) in [5, 5.41) is 2.77. The molecule has 2 rings (SSSR count). The normalized spacial score (nSPS) is 16.5. The zero-order valence-corrected chi connectivity index (χ0v) is 15.5. The molecule has 1 aromatic carbocycles. The molecule has 0 aromatic heterocycles. The molecule has 1 amide bonds. The van der Waals surface area contributed by atoms with E-state index in [-0.39, 0.29) is 15.5 Å². The van der Waals surface area contributed by atoms with Crippen molar-refractivity contribution in [3.8, 4) is 0 Å². The average molecular weight is 357 g/mol. The van der Waals surface area contributed by atoms with Crippen molar-refractivity contribution < 1.29 is 13.2 Å². The molecule has 1 heterocycles. The van der Waals surface area contributed by atoms with E-state index in [2.05, 4.69) is 5.32 Å². The lowest BCUT2D eigenvalue weighted by Gasteiger charge is -2.18. The fourth-order valence-electron chi connectivity index (χ4n) is 2.29. The van der Waals surface area contributed by atoms with Crippen molar-refractivity contribution in [2.45, 2.75) is 43.3 Å². The van der Waals surface area contributed by atoms with Crippen molar-refractivity contribution in [2.75, 3.05) is 24.2 Å². The monoisotopic (exact) mass is 356 g/mol. The molecule has 7 heteroatoms. The highest BCUT2D eigenvalue weighted by molar-refractivity contribution is 8.01. The number of nitrogens with one attached hydrogen (secondary N) is 1. The fourth-order valence-corrected chi connectivity index (χ4v) is 4.49. The van der Waals surface area contributed by atoms with Crippen LogP contribution >= 0.6 is 11.8 Å². The second-order valence-corrected chi connectivity index (χ2v) is 10.3. The maximum Gasteiger partial charge on any atom is 0.243 e. The number of thioether (sulfide) groups is 1. The Kier molecular flexibility index (Phi) is 5.75. The zero-order chi connectivity index (χ0) is 17.1. The van der Waals surface area contributed by atoms with Gasteiger partial charge in [-0.2, -0.15) is 4.31 Å². The first kappa shape index (κ1) is 18.3. The number of hydrogen-bond acceptors (Lipinski definition) is 4. The topological polar surface area (TPSA) is 66.5 Å². The molecule has 0 radical (unpaired) electrons. The van der Waals surface area contributed by atoms with Crippen LogP contribution in [0.15, 0.2) is 29.2 Å². The summed E-state index contributed by atoms with van der Waals surface area (Å²) in [5.74, 6) is 0.215. The molecule has 1 fully saturated rings. The van der Waals surface area contributed by atoms with Crippen molar-refractivity contribution in [3.63, 3.8) is 0 Å². The van der Waals surface area contributed by atoms with Crippen LogP contribution in [0.5, 0.6) is 0 Å². The highest BCUT2D eigenvalue weighted by atomic mass is 32.2. The smallest absolute Gasteiger partial charge is 0.243 e. The van der Waals surface area contributed by atoms with Gasteiger partial charge >= 0.3 is 0 Å². The predicted molar refractivity (Wildman–Crippen MR) is 95.3 cm³/mol. The molecule has 0 aliphatic carbocycles. The molecule has 5 nitrogen and oxygen atoms in total. The van der Waals surface area contributed by atoms with E-state index in [1.165, 1.54) is 10.4 Å². The van der Waals surface area contributed by atoms with Gasteiger partial charge in [-0.05, 0) is 31.0 Å². The number of hydrogen-bond donors (Lipinski definition) is 1. The summed E-state index contributed by atoms with van der Waals surface area (Å²) in [6, 6.07) is 6.48. The van der Waals surface area contributed by atoms with Crippen LogP contribution in [0.4, 0.5) is 5.69 Å². The van der Waals surface area contributed by atoms with Gasteiger partial charge in [0.15, 0.2) is 0 Å². The van der Waals surface area contributed by atoms with Gasteiger partial charge in [0.2, 0.25) is 15.9 Å². The summed E-state index contributed by atoms with van der Waals surface area (Å²) >= 11 is 1.55. The van der Waals surface area contributed by atoms with Crippen LogP contribution < -0.4 is 5.32 Å². The molecule has 1 aliphatic heterocycles. The van der Waals surface area contributed by atoms with Crippen LogP contribution in [0.25, 0.3) is 0 Å². The third-order valence-electron chi connectivity index (χ3n) is 3.46. The molecule has 0 saturated carbocycles. The molecule has 128 valence electrons. The molecule has 0 atom stereocenters. The van der Waals surface area contributed by atoms with Gasteiger partial charge in [-0.15, -0.1) is 11.8 Å². The first-order valence-electron chi connectivity index (χ1n) is 7.72. The van der Waals surface area contributed by atoms with E-state index in [0.29, 0.717) is 24.5 Å². The Morgan fingerprint density at radius 3 is 2.52 bits per heavy atom. The number of carbonyl (C=O) groups excluding carboxylic acids is 1. The van der Waals surface area contributed by atoms with Crippen LogP contribution in [0, 0.1) is 0 Å². The molecule has 1 aromatic rings. The maximum absolute atomic E-state index is 12.5. The fraction of sp³-hybridized carbons (Fsp3) is 0.562. The standard InChI is InChI=1S/C16H24N2O3S2/c1-16(2,3)22-12-15(19)17-13-7-6-8-14(11-13)23(20,21)18-9-4-5-10-18/h6-8,11H,4-5,9-10,12H2,1-3H3,(H,17,19). The third kappa shape index (κ3) is 5.22. The Labute approximate surface area is 142 Å². The molecular weight excluding hydrogens is 332 g/mol. The highest BCUT2D eigenvalue weighted by Gasteiger charge is 2.27. The van der Waals surface area contributed by atoms with E-state index in [0.717, 1.165) is 12.8 Å². The minimum Gasteiger partial charge on any atom is -0.325 e. The van der Waals surface area contributed by atoms with Gasteiger partial charge in [0.05, 0.1) is 10.6 Å². The van der Waals surface area contributed by atoms with E-state index in [1.807, 2.05) is 20.8 Å². The van der Waals surface area contributed by atoms with E-state index in [1.54, 1.807) is 30.0 Å². The Morgan fingerprint density at radius 1 is 1.26 bits per heavy atom. The summed E-state index contributed by atoms with van der Waals surface area (Å²) in [5.41, 5.74) is 0.518. The molecular formula is C16H24N2O3S2. The van der Waals surface area contributed by atoms with Gasteiger partial charge in [-0.1, -0.05) is 26.8 Å². The van der Waals surface area contributed by atoms with Gasteiger partial charge in [0.25, 0.3) is 0 Å². The second kappa shape index (κ2) is 7.23. The Balaban J connectivity index is 2.06. The van der Waals surface area contributed by atoms with E-state index in [4.69, 9.17) is 0 Å². The summed E-state index contributed by atoms with van der Waals surface area (Å²) in [6.07, 6.45) is 1.80. The lowest BCUT2D eigenvalue weighted by molar-refractivity contribution is -0.113. The van der Waals surface area contributed by atoms with E-state index in [9.17, 15) is 13.2 Å². The van der Waals surface area contributed by atoms with Gasteiger partial charge in [-0.25, -0.2) is 8.42 Å². The van der Waals surface area contributed by atoms with Crippen LogP contribution in [-0.4, -0.2) is 42.2 Å². The summed E-state index contributed by atoms with van der Waals surface area (Å²) < 4.78 is 26.6. The molecule has 1 saturated heterocycles. The molecule has 1 aliphatic rings. The third-order valence-corrected chi connectivity index (χ3v) is 6.62. The quantitative estimate of drug-likeness (QED) is 0.881. The number of sulfonamides is 1. The first-order chi connectivity index (χ1) is 10.7. The van der Waals surface area contributed by atoms with Gasteiger partial charge < -0.3 is 5.32 Å². The van der Waals surface area contributed by atoms with Crippen molar-refractivity contribution in [1.82, 2.24) is 4.31 Å². The van der Waals surface area contributed by atoms with Crippen molar-refractivity contribution in [3.05, 3.63) is 24.3 Å². The Bertz CT molecular complexity index is 660. The van der Waals surface area contributed by atoms with Crippen LogP contribution in [0.2, 0.25) is 0 Å². The van der Waals surface area contributed by atoms with Gasteiger partial charge in [-0.3, -0.25) is 4.79 Å². The first-order valence-corrected chi connectivity index (χ1v) is 10.1. The van der Waals surface area contributed by atoms with E-state index < -0.39 is 10.0 Å². The van der Waals surface area contributed by atoms with Gasteiger partial charge in [0.1, 0.15) is 0 Å². The number of carbonyl (C=O) groups is 1. The Hall–Kier alpha value is -1.05. The second-order valence-electron chi connectivity index (χ2n) is 6.59. The lowest BCUT2D eigenvalue weighted by Crippen LogP contribution is -2.28. The van der Waals surface area contributed by atoms with Crippen molar-refractivity contribution in [2.24, 2.45) is 0 Å². The number of benzene rings is 1. The number of anilines is 1. The molecule has 1 N–H and O–H groups in total. The summed E-state index contributed by atoms with van der Waals surface area (Å²) in [4.78, 5) is 12.2. The lowest BCUT2D eigenvalue weighted by atomic mass is 10.3.